The van der Waals surface area contributed by atoms with Crippen LogP contribution in [0.25, 0.3) is 0 Å². The van der Waals surface area contributed by atoms with E-state index in [0.717, 1.165) is 35.0 Å². The Morgan fingerprint density at radius 3 is 2.62 bits per heavy atom. The van der Waals surface area contributed by atoms with Crippen LogP contribution in [-0.2, 0) is 26.5 Å². The molecule has 2 aliphatic rings. The van der Waals surface area contributed by atoms with Gasteiger partial charge in [-0.3, -0.25) is 19.3 Å². The highest BCUT2D eigenvalue weighted by Gasteiger charge is 2.52. The molecule has 0 saturated carbocycles. The number of nitrogens with zero attached hydrogens (tertiary/aromatic N) is 3. The van der Waals surface area contributed by atoms with E-state index in [1.54, 1.807) is 34.9 Å². The number of anilines is 3. The molecule has 2 aliphatic heterocycles. The van der Waals surface area contributed by atoms with Crippen molar-refractivity contribution in [1.82, 2.24) is 4.90 Å². The second-order valence-corrected chi connectivity index (χ2v) is 11.7. The molecule has 1 saturated heterocycles. The van der Waals surface area contributed by atoms with E-state index in [-0.39, 0.29) is 31.5 Å². The summed E-state index contributed by atoms with van der Waals surface area (Å²) in [5.41, 5.74) is 1.43. The lowest BCUT2D eigenvalue weighted by Gasteiger charge is -2.28. The number of amides is 3. The fourth-order valence-corrected chi connectivity index (χ4v) is 6.27. The quantitative estimate of drug-likeness (QED) is 0.241. The number of benzene rings is 3. The van der Waals surface area contributed by atoms with Crippen molar-refractivity contribution < 1.29 is 24.6 Å². The standard InChI is InChI=1S/C33H34BrN3O5/c1-23(8-5-14-31(40)35-17-7-13-28(35)21-38)33(42)29-19-25(34)15-16-30(29)36(32(33)41)20-24-9-6-12-27(18-24)37(22-39)26-10-3-2-4-11-26/h2-6,8-12,15-16,18-19,22-23,28,38,42H,7,13-14,17,20-21H2,1H3/b8-5+/t23-,28+,33+/m1/s1. The van der Waals surface area contributed by atoms with Gasteiger partial charge in [0.2, 0.25) is 12.3 Å². The number of aliphatic hydroxyl groups is 2. The highest BCUT2D eigenvalue weighted by molar-refractivity contribution is 9.10. The minimum atomic E-state index is -1.84. The molecule has 8 nitrogen and oxygen atoms in total. The molecule has 1 fully saturated rings. The number of aliphatic hydroxyl groups excluding tert-OH is 1. The number of fused-ring (bicyclic) bond motifs is 1. The summed E-state index contributed by atoms with van der Waals surface area (Å²) in [5.74, 6) is -1.16. The third kappa shape index (κ3) is 5.64. The molecule has 3 aromatic carbocycles. The third-order valence-corrected chi connectivity index (χ3v) is 8.68. The summed E-state index contributed by atoms with van der Waals surface area (Å²) in [5, 5.41) is 21.5. The van der Waals surface area contributed by atoms with E-state index in [1.165, 1.54) is 4.90 Å². The number of hydrogen-bond acceptors (Lipinski definition) is 5. The van der Waals surface area contributed by atoms with Crippen LogP contribution in [0.1, 0.15) is 37.3 Å². The molecule has 2 N–H and O–H groups in total. The Balaban J connectivity index is 1.38. The molecule has 0 spiro atoms. The molecule has 9 heteroatoms. The van der Waals surface area contributed by atoms with E-state index < -0.39 is 17.4 Å². The van der Waals surface area contributed by atoms with Crippen molar-refractivity contribution in [3.8, 4) is 0 Å². The molecule has 42 heavy (non-hydrogen) atoms. The first-order chi connectivity index (χ1) is 20.3. The lowest BCUT2D eigenvalue weighted by Crippen LogP contribution is -2.44. The summed E-state index contributed by atoms with van der Waals surface area (Å²) >= 11 is 3.48. The van der Waals surface area contributed by atoms with Gasteiger partial charge >= 0.3 is 0 Å². The summed E-state index contributed by atoms with van der Waals surface area (Å²) in [4.78, 5) is 43.5. The van der Waals surface area contributed by atoms with Crippen molar-refractivity contribution in [1.29, 1.82) is 0 Å². The van der Waals surface area contributed by atoms with Gasteiger partial charge in [-0.25, -0.2) is 0 Å². The van der Waals surface area contributed by atoms with Gasteiger partial charge < -0.3 is 20.0 Å². The third-order valence-electron chi connectivity index (χ3n) is 8.18. The highest BCUT2D eigenvalue weighted by atomic mass is 79.9. The first-order valence-electron chi connectivity index (χ1n) is 14.1. The summed E-state index contributed by atoms with van der Waals surface area (Å²) in [6.07, 6.45) is 5.97. The van der Waals surface area contributed by atoms with Gasteiger partial charge in [-0.1, -0.05) is 65.3 Å². The smallest absolute Gasteiger partial charge is 0.264 e. The summed E-state index contributed by atoms with van der Waals surface area (Å²) in [7, 11) is 0. The average molecular weight is 633 g/mol. The van der Waals surface area contributed by atoms with Gasteiger partial charge in [0.15, 0.2) is 5.60 Å². The van der Waals surface area contributed by atoms with Crippen molar-refractivity contribution >= 4 is 51.2 Å². The Morgan fingerprint density at radius 1 is 1.12 bits per heavy atom. The van der Waals surface area contributed by atoms with Crippen LogP contribution < -0.4 is 9.80 Å². The van der Waals surface area contributed by atoms with Crippen molar-refractivity contribution in [3.63, 3.8) is 0 Å². The van der Waals surface area contributed by atoms with Gasteiger partial charge in [-0.2, -0.15) is 0 Å². The van der Waals surface area contributed by atoms with Crippen LogP contribution in [0.4, 0.5) is 17.1 Å². The minimum absolute atomic E-state index is 0.0516. The van der Waals surface area contributed by atoms with Crippen molar-refractivity contribution in [2.24, 2.45) is 5.92 Å². The summed E-state index contributed by atoms with van der Waals surface area (Å²) in [6, 6.07) is 22.0. The predicted molar refractivity (Wildman–Crippen MR) is 165 cm³/mol. The van der Waals surface area contributed by atoms with Gasteiger partial charge in [0.05, 0.1) is 24.9 Å². The topological polar surface area (TPSA) is 101 Å². The van der Waals surface area contributed by atoms with Crippen molar-refractivity contribution in [2.45, 2.75) is 44.4 Å². The first-order valence-corrected chi connectivity index (χ1v) is 14.9. The molecule has 3 amide bonds. The zero-order valence-electron chi connectivity index (χ0n) is 23.4. The van der Waals surface area contributed by atoms with Gasteiger partial charge in [-0.15, -0.1) is 0 Å². The Labute approximate surface area is 254 Å². The lowest BCUT2D eigenvalue weighted by molar-refractivity contribution is -0.139. The molecule has 2 heterocycles. The van der Waals surface area contributed by atoms with Crippen LogP contribution in [0, 0.1) is 5.92 Å². The van der Waals surface area contributed by atoms with Gasteiger partial charge in [0.1, 0.15) is 0 Å². The number of rotatable bonds is 10. The number of likely N-dealkylation sites (tertiary alicyclic amines) is 1. The molecule has 3 aromatic rings. The molecule has 0 aromatic heterocycles. The maximum absolute atomic E-state index is 14.0. The SMILES string of the molecule is C[C@H](/C=C/CC(=O)N1CCC[C@H]1CO)[C@@]1(O)C(=O)N(Cc2cccc(N(C=O)c3ccccc3)c2)c2ccc(Br)cc21. The molecule has 0 radical (unpaired) electrons. The number of carbonyl (C=O) groups is 3. The molecule has 218 valence electrons. The molecule has 5 rings (SSSR count). The minimum Gasteiger partial charge on any atom is -0.394 e. The number of para-hydroxylation sites is 1. The monoisotopic (exact) mass is 631 g/mol. The van der Waals surface area contributed by atoms with E-state index in [2.05, 4.69) is 15.9 Å². The lowest BCUT2D eigenvalue weighted by atomic mass is 9.83. The van der Waals surface area contributed by atoms with Crippen molar-refractivity contribution in [3.05, 3.63) is 101 Å². The van der Waals surface area contributed by atoms with Crippen LogP contribution in [0.3, 0.4) is 0 Å². The summed E-state index contributed by atoms with van der Waals surface area (Å²) < 4.78 is 0.733. The largest absolute Gasteiger partial charge is 0.394 e. The molecule has 3 atom stereocenters. The van der Waals surface area contributed by atoms with E-state index >= 15 is 0 Å². The Hall–Kier alpha value is -3.79. The van der Waals surface area contributed by atoms with E-state index in [1.807, 2.05) is 66.7 Å². The second-order valence-electron chi connectivity index (χ2n) is 10.8. The highest BCUT2D eigenvalue weighted by Crippen LogP contribution is 2.47. The number of hydrogen-bond donors (Lipinski definition) is 2. The molecule has 0 unspecified atom stereocenters. The normalized spacial score (nSPS) is 20.7. The Kier molecular flexibility index (Phi) is 8.91. The molecular weight excluding hydrogens is 598 g/mol. The van der Waals surface area contributed by atoms with Gasteiger partial charge in [0, 0.05) is 40.3 Å². The van der Waals surface area contributed by atoms with Gasteiger partial charge in [0.25, 0.3) is 5.91 Å². The molecular formula is C33H34BrN3O5. The fourth-order valence-electron chi connectivity index (χ4n) is 5.91. The van der Waals surface area contributed by atoms with E-state index in [4.69, 9.17) is 0 Å². The fraction of sp³-hybridized carbons (Fsp3) is 0.303. The number of carbonyl (C=O) groups excluding carboxylic acids is 3. The van der Waals surface area contributed by atoms with Crippen LogP contribution >= 0.6 is 15.9 Å². The van der Waals surface area contributed by atoms with Crippen LogP contribution in [-0.4, -0.2) is 52.5 Å². The van der Waals surface area contributed by atoms with E-state index in [0.29, 0.717) is 23.5 Å². The van der Waals surface area contributed by atoms with Crippen LogP contribution in [0.5, 0.6) is 0 Å². The predicted octanol–water partition coefficient (Wildman–Crippen LogP) is 5.04. The second kappa shape index (κ2) is 12.6. The Morgan fingerprint density at radius 2 is 1.88 bits per heavy atom. The first kappa shape index (κ1) is 29.7. The maximum Gasteiger partial charge on any atom is 0.264 e. The zero-order chi connectivity index (χ0) is 29.9. The van der Waals surface area contributed by atoms with Crippen LogP contribution in [0.15, 0.2) is 89.4 Å². The Bertz CT molecular complexity index is 1500. The van der Waals surface area contributed by atoms with Crippen LogP contribution in [0.2, 0.25) is 0 Å². The van der Waals surface area contributed by atoms with Gasteiger partial charge in [-0.05, 0) is 60.9 Å². The number of halogens is 1. The average Bonchev–Trinajstić information content (AvgIpc) is 3.56. The molecule has 0 bridgehead atoms. The zero-order valence-corrected chi connectivity index (χ0v) is 25.0. The molecule has 0 aliphatic carbocycles. The van der Waals surface area contributed by atoms with Crippen molar-refractivity contribution in [2.75, 3.05) is 23.0 Å². The maximum atomic E-state index is 14.0. The summed E-state index contributed by atoms with van der Waals surface area (Å²) in [6.45, 7) is 2.53. The van der Waals surface area contributed by atoms with E-state index in [9.17, 15) is 24.6 Å².